The number of carbonyl (C=O) groups is 1. The molecule has 0 radical (unpaired) electrons. The van der Waals surface area contributed by atoms with Gasteiger partial charge in [0.15, 0.2) is 12.1 Å². The van der Waals surface area contributed by atoms with Crippen molar-refractivity contribution in [2.24, 2.45) is 0 Å². The number of oxazole rings is 1. The van der Waals surface area contributed by atoms with E-state index in [1.54, 1.807) is 6.20 Å². The summed E-state index contributed by atoms with van der Waals surface area (Å²) in [5, 5.41) is 4.34. The first-order valence-electron chi connectivity index (χ1n) is 7.64. The first-order valence-corrected chi connectivity index (χ1v) is 8.44. The van der Waals surface area contributed by atoms with Crippen LogP contribution in [0.4, 0.5) is 0 Å². The maximum atomic E-state index is 12.6. The molecule has 2 aromatic heterocycles. The van der Waals surface area contributed by atoms with E-state index in [1.165, 1.54) is 6.39 Å². The van der Waals surface area contributed by atoms with Crippen molar-refractivity contribution in [1.82, 2.24) is 19.7 Å². The number of likely N-dealkylation sites (tertiary alicyclic amines) is 1. The van der Waals surface area contributed by atoms with Crippen LogP contribution in [0.15, 0.2) is 27.7 Å². The number of rotatable bonds is 3. The smallest absolute Gasteiger partial charge is 0.276 e. The van der Waals surface area contributed by atoms with Gasteiger partial charge in [0.25, 0.3) is 5.91 Å². The van der Waals surface area contributed by atoms with Gasteiger partial charge in [-0.3, -0.25) is 9.48 Å². The topological polar surface area (TPSA) is 64.2 Å². The largest absolute Gasteiger partial charge is 0.447 e. The summed E-state index contributed by atoms with van der Waals surface area (Å²) in [5.74, 6) is 1.19. The number of halogens is 1. The van der Waals surface area contributed by atoms with Crippen LogP contribution in [-0.4, -0.2) is 38.7 Å². The highest BCUT2D eigenvalue weighted by molar-refractivity contribution is 9.10. The molecule has 0 spiro atoms. The number of aromatic nitrogens is 3. The number of amides is 1. The normalized spacial score (nSPS) is 19.6. The molecule has 1 amide bonds. The number of hydrogen-bond acceptors (Lipinski definition) is 4. The van der Waals surface area contributed by atoms with Crippen LogP contribution in [0.2, 0.25) is 0 Å². The molecule has 1 aliphatic carbocycles. The Morgan fingerprint density at radius 2 is 2.05 bits per heavy atom. The second kappa shape index (κ2) is 5.53. The Kier molecular flexibility index (Phi) is 3.52. The summed E-state index contributed by atoms with van der Waals surface area (Å²) in [5.41, 5.74) is 0.516. The van der Waals surface area contributed by atoms with Gasteiger partial charge in [-0.1, -0.05) is 0 Å². The third-order valence-electron chi connectivity index (χ3n) is 4.44. The van der Waals surface area contributed by atoms with Crippen molar-refractivity contribution < 1.29 is 9.21 Å². The molecular weight excluding hydrogens is 348 g/mol. The van der Waals surface area contributed by atoms with Crippen molar-refractivity contribution in [2.45, 2.75) is 37.6 Å². The van der Waals surface area contributed by atoms with Gasteiger partial charge >= 0.3 is 0 Å². The molecule has 1 aliphatic heterocycles. The lowest BCUT2D eigenvalue weighted by Gasteiger charge is -2.31. The highest BCUT2D eigenvalue weighted by Gasteiger charge is 2.35. The van der Waals surface area contributed by atoms with Crippen molar-refractivity contribution >= 4 is 21.8 Å². The Balaban J connectivity index is 1.42. The molecule has 6 nitrogen and oxygen atoms in total. The Morgan fingerprint density at radius 1 is 1.27 bits per heavy atom. The summed E-state index contributed by atoms with van der Waals surface area (Å²) in [4.78, 5) is 18.7. The molecule has 0 aromatic carbocycles. The van der Waals surface area contributed by atoms with Gasteiger partial charge in [-0.2, -0.15) is 5.10 Å². The molecule has 0 unspecified atom stereocenters. The Bertz CT molecular complexity index is 683. The van der Waals surface area contributed by atoms with Crippen LogP contribution in [-0.2, 0) is 0 Å². The van der Waals surface area contributed by atoms with Crippen molar-refractivity contribution in [1.29, 1.82) is 0 Å². The SMILES string of the molecule is O=C(c1ncoc1C1CC1)N1CCC(n2cc(Br)cn2)CC1. The Morgan fingerprint density at radius 3 is 2.68 bits per heavy atom. The predicted octanol–water partition coefficient (Wildman–Crippen LogP) is 2.99. The van der Waals surface area contributed by atoms with Crippen LogP contribution in [0.1, 0.15) is 53.9 Å². The summed E-state index contributed by atoms with van der Waals surface area (Å²) in [6.07, 6.45) is 9.22. The number of piperidine rings is 1. The van der Waals surface area contributed by atoms with Gasteiger partial charge in [0.2, 0.25) is 0 Å². The molecule has 0 atom stereocenters. The highest BCUT2D eigenvalue weighted by Crippen LogP contribution is 2.41. The van der Waals surface area contributed by atoms with Gasteiger partial charge in [-0.15, -0.1) is 0 Å². The van der Waals surface area contributed by atoms with E-state index in [0.29, 0.717) is 17.7 Å². The standard InChI is InChI=1S/C15H17BrN4O2/c16-11-7-18-20(8-11)12-3-5-19(6-4-12)15(21)13-14(10-1-2-10)22-9-17-13/h7-10,12H,1-6H2. The molecule has 0 bridgehead atoms. The van der Waals surface area contributed by atoms with E-state index in [2.05, 4.69) is 26.0 Å². The number of hydrogen-bond donors (Lipinski definition) is 0. The average molecular weight is 365 g/mol. The Labute approximate surface area is 136 Å². The molecule has 3 heterocycles. The molecule has 2 aliphatic rings. The zero-order valence-corrected chi connectivity index (χ0v) is 13.7. The van der Waals surface area contributed by atoms with Crippen LogP contribution in [0.25, 0.3) is 0 Å². The molecule has 2 fully saturated rings. The zero-order chi connectivity index (χ0) is 15.1. The van der Waals surface area contributed by atoms with E-state index in [0.717, 1.165) is 49.0 Å². The van der Waals surface area contributed by atoms with Gasteiger partial charge in [0.05, 0.1) is 16.7 Å². The highest BCUT2D eigenvalue weighted by atomic mass is 79.9. The third kappa shape index (κ3) is 2.58. The lowest BCUT2D eigenvalue weighted by molar-refractivity contribution is 0.0682. The quantitative estimate of drug-likeness (QED) is 0.839. The molecule has 7 heteroatoms. The molecule has 22 heavy (non-hydrogen) atoms. The van der Waals surface area contributed by atoms with E-state index in [-0.39, 0.29) is 5.91 Å². The second-order valence-corrected chi connectivity index (χ2v) is 6.92. The number of nitrogens with zero attached hydrogens (tertiary/aromatic N) is 4. The summed E-state index contributed by atoms with van der Waals surface area (Å²) < 4.78 is 8.39. The first-order chi connectivity index (χ1) is 10.7. The minimum atomic E-state index is 0.00995. The molecular formula is C15H17BrN4O2. The first kappa shape index (κ1) is 14.0. The van der Waals surface area contributed by atoms with Crippen LogP contribution < -0.4 is 0 Å². The fourth-order valence-corrected chi connectivity index (χ4v) is 3.35. The van der Waals surface area contributed by atoms with Crippen molar-refractivity contribution in [3.05, 3.63) is 34.7 Å². The molecule has 2 aromatic rings. The van der Waals surface area contributed by atoms with Crippen LogP contribution >= 0.6 is 15.9 Å². The zero-order valence-electron chi connectivity index (χ0n) is 12.1. The minimum Gasteiger partial charge on any atom is -0.447 e. The van der Waals surface area contributed by atoms with E-state index in [9.17, 15) is 4.79 Å². The van der Waals surface area contributed by atoms with Gasteiger partial charge in [0, 0.05) is 25.2 Å². The predicted molar refractivity (Wildman–Crippen MR) is 82.6 cm³/mol. The van der Waals surface area contributed by atoms with E-state index in [1.807, 2.05) is 15.8 Å². The van der Waals surface area contributed by atoms with Crippen molar-refractivity contribution in [3.63, 3.8) is 0 Å². The lowest BCUT2D eigenvalue weighted by Crippen LogP contribution is -2.39. The van der Waals surface area contributed by atoms with Crippen molar-refractivity contribution in [2.75, 3.05) is 13.1 Å². The summed E-state index contributed by atoms with van der Waals surface area (Å²) in [6, 6.07) is 0.357. The molecule has 116 valence electrons. The molecule has 0 N–H and O–H groups in total. The molecule has 1 saturated heterocycles. The fourth-order valence-electron chi connectivity index (χ4n) is 3.05. The summed E-state index contributed by atoms with van der Waals surface area (Å²) in [6.45, 7) is 1.47. The molecule has 1 saturated carbocycles. The van der Waals surface area contributed by atoms with Gasteiger partial charge < -0.3 is 9.32 Å². The van der Waals surface area contributed by atoms with Gasteiger partial charge in [-0.05, 0) is 41.6 Å². The van der Waals surface area contributed by atoms with E-state index in [4.69, 9.17) is 4.42 Å². The van der Waals surface area contributed by atoms with E-state index >= 15 is 0 Å². The second-order valence-electron chi connectivity index (χ2n) is 6.00. The average Bonchev–Trinajstić information content (AvgIpc) is 3.10. The maximum Gasteiger partial charge on any atom is 0.276 e. The molecule has 4 rings (SSSR count). The summed E-state index contributed by atoms with van der Waals surface area (Å²) in [7, 11) is 0. The van der Waals surface area contributed by atoms with Crippen molar-refractivity contribution in [3.8, 4) is 0 Å². The van der Waals surface area contributed by atoms with Crippen LogP contribution in [0.5, 0.6) is 0 Å². The Hall–Kier alpha value is -1.63. The van der Waals surface area contributed by atoms with Crippen LogP contribution in [0, 0.1) is 0 Å². The van der Waals surface area contributed by atoms with Gasteiger partial charge in [-0.25, -0.2) is 4.98 Å². The fraction of sp³-hybridized carbons (Fsp3) is 0.533. The minimum absolute atomic E-state index is 0.00995. The summed E-state index contributed by atoms with van der Waals surface area (Å²) >= 11 is 3.42. The monoisotopic (exact) mass is 364 g/mol. The maximum absolute atomic E-state index is 12.6. The lowest BCUT2D eigenvalue weighted by atomic mass is 10.0. The van der Waals surface area contributed by atoms with E-state index < -0.39 is 0 Å². The van der Waals surface area contributed by atoms with Gasteiger partial charge in [0.1, 0.15) is 5.76 Å². The third-order valence-corrected chi connectivity index (χ3v) is 4.85. The van der Waals surface area contributed by atoms with Crippen LogP contribution in [0.3, 0.4) is 0 Å². The number of carbonyl (C=O) groups excluding carboxylic acids is 1.